The Balaban J connectivity index is 2.62. The zero-order valence-electron chi connectivity index (χ0n) is 2.65. The van der Waals surface area contributed by atoms with Crippen LogP contribution in [0.5, 0.6) is 0 Å². The third-order valence-corrected chi connectivity index (χ3v) is 0.378. The Labute approximate surface area is 36.1 Å². The maximum absolute atomic E-state index is 10.8. The number of alkyl halides is 1. The molecule has 0 N–H and O–H groups in total. The molecule has 0 unspecified atom stereocenters. The molecule has 29 valence electrons. The molecule has 0 bridgehead atoms. The van der Waals surface area contributed by atoms with E-state index in [4.69, 9.17) is 0 Å². The van der Waals surface area contributed by atoms with Crippen molar-refractivity contribution in [2.45, 2.75) is 0 Å². The third-order valence-electron chi connectivity index (χ3n) is 0.185. The van der Waals surface area contributed by atoms with E-state index < -0.39 is 6.67 Å². The van der Waals surface area contributed by atoms with Crippen LogP contribution >= 0.6 is 12.6 Å². The molecule has 0 fully saturated rings. The van der Waals surface area contributed by atoms with Crippen LogP contribution in [0, 0.1) is 0 Å². The lowest BCUT2D eigenvalue weighted by atomic mass is 10.7. The number of hydrogen-bond donors (Lipinski definition) is 0. The van der Waals surface area contributed by atoms with Crippen LogP contribution in [0.4, 0.5) is 4.39 Å². The molecule has 0 saturated heterocycles. The second kappa shape index (κ2) is 3.89. The average molecular weight is 91.1 g/mol. The fraction of sp³-hybridized carbons (Fsp3) is 0.333. The molecule has 0 nitrogen and oxygen atoms in total. The second-order valence-electron chi connectivity index (χ2n) is 0.526. The summed E-state index contributed by atoms with van der Waals surface area (Å²) in [5.41, 5.74) is 0. The fourth-order valence-corrected chi connectivity index (χ4v) is 0.109. The fourth-order valence-electron chi connectivity index (χ4n) is 0.0364. The molecule has 5 heavy (non-hydrogen) atoms. The summed E-state index contributed by atoms with van der Waals surface area (Å²) in [6.07, 6.45) is 1.27. The van der Waals surface area contributed by atoms with Gasteiger partial charge in [0.15, 0.2) is 0 Å². The van der Waals surface area contributed by atoms with Crippen molar-refractivity contribution >= 4 is 12.6 Å². The molecule has 0 aliphatic rings. The summed E-state index contributed by atoms with van der Waals surface area (Å²) in [5, 5.41) is 1.26. The molecule has 0 aliphatic heterocycles. The van der Waals surface area contributed by atoms with Gasteiger partial charge in [0.25, 0.3) is 0 Å². The zero-order valence-corrected chi connectivity index (χ0v) is 3.46. The Morgan fingerprint density at radius 1 is 1.80 bits per heavy atom. The minimum Gasteiger partial charge on any atom is -0.247 e. The maximum atomic E-state index is 10.8. The summed E-state index contributed by atoms with van der Waals surface area (Å²) in [5.74, 6) is 0. The summed E-state index contributed by atoms with van der Waals surface area (Å²) in [4.78, 5) is 0. The van der Waals surface area contributed by atoms with Crippen molar-refractivity contribution in [1.29, 1.82) is 0 Å². The van der Waals surface area contributed by atoms with Gasteiger partial charge in [-0.2, -0.15) is 0 Å². The first kappa shape index (κ1) is 4.89. The van der Waals surface area contributed by atoms with Gasteiger partial charge in [-0.25, -0.2) is 4.39 Å². The van der Waals surface area contributed by atoms with E-state index in [9.17, 15) is 4.39 Å². The summed E-state index contributed by atoms with van der Waals surface area (Å²) >= 11 is 4.23. The van der Waals surface area contributed by atoms with Crippen LogP contribution in [0.3, 0.4) is 0 Å². The van der Waals surface area contributed by atoms with E-state index in [1.807, 2.05) is 0 Å². The van der Waals surface area contributed by atoms with E-state index in [1.165, 1.54) is 11.5 Å². The molecule has 1 radical (unpaired) electrons. The van der Waals surface area contributed by atoms with Gasteiger partial charge in [0.05, 0.1) is 0 Å². The van der Waals surface area contributed by atoms with Gasteiger partial charge in [-0.15, -0.1) is 0 Å². The lowest BCUT2D eigenvalue weighted by molar-refractivity contribution is 0.562. The topological polar surface area (TPSA) is 0 Å². The molecule has 0 amide bonds. The van der Waals surface area contributed by atoms with Crippen molar-refractivity contribution in [3.8, 4) is 0 Å². The molecule has 0 aromatic carbocycles. The Morgan fingerprint density at radius 2 is 2.40 bits per heavy atom. The van der Waals surface area contributed by atoms with Crippen LogP contribution < -0.4 is 0 Å². The predicted molar refractivity (Wildman–Crippen MR) is 22.7 cm³/mol. The monoisotopic (exact) mass is 91.0 g/mol. The minimum atomic E-state index is -0.441. The zero-order chi connectivity index (χ0) is 4.12. The van der Waals surface area contributed by atoms with Gasteiger partial charge >= 0.3 is 0 Å². The average Bonchev–Trinajstić information content (AvgIpc) is 1.41. The van der Waals surface area contributed by atoms with Crippen LogP contribution in [0.1, 0.15) is 0 Å². The van der Waals surface area contributed by atoms with Gasteiger partial charge in [0.2, 0.25) is 0 Å². The van der Waals surface area contributed by atoms with Gasteiger partial charge in [0.1, 0.15) is 6.67 Å². The van der Waals surface area contributed by atoms with Gasteiger partial charge in [-0.05, 0) is 11.5 Å². The Morgan fingerprint density at radius 3 is 2.40 bits per heavy atom. The van der Waals surface area contributed by atoms with Crippen molar-refractivity contribution in [3.63, 3.8) is 0 Å². The highest BCUT2D eigenvalue weighted by atomic mass is 32.1. The standard InChI is InChI=1S/C3H4FS/c4-2-1-3-5/h1,3H,2H2/b3-1-. The number of halogens is 1. The molecule has 0 spiro atoms. The highest BCUT2D eigenvalue weighted by Gasteiger charge is 1.57. The van der Waals surface area contributed by atoms with Gasteiger partial charge in [-0.1, -0.05) is 12.6 Å². The SMILES string of the molecule is FC/C=C\[S]. The molecule has 2 heteroatoms. The lowest BCUT2D eigenvalue weighted by Gasteiger charge is -1.60. The molecule has 0 aromatic heterocycles. The normalized spacial score (nSPS) is 9.80. The number of hydrogen-bond acceptors (Lipinski definition) is 0. The summed E-state index contributed by atoms with van der Waals surface area (Å²) < 4.78 is 10.8. The maximum Gasteiger partial charge on any atom is 0.109 e. The second-order valence-corrected chi connectivity index (χ2v) is 0.798. The highest BCUT2D eigenvalue weighted by molar-refractivity contribution is 7.83. The van der Waals surface area contributed by atoms with Crippen LogP contribution in [0.25, 0.3) is 0 Å². The first-order valence-electron chi connectivity index (χ1n) is 1.24. The van der Waals surface area contributed by atoms with Crippen molar-refractivity contribution in [2.75, 3.05) is 6.67 Å². The van der Waals surface area contributed by atoms with E-state index in [1.54, 1.807) is 0 Å². The van der Waals surface area contributed by atoms with Crippen molar-refractivity contribution in [2.24, 2.45) is 0 Å². The lowest BCUT2D eigenvalue weighted by Crippen LogP contribution is -1.51. The molecule has 0 saturated carbocycles. The Hall–Kier alpha value is -0.110. The van der Waals surface area contributed by atoms with Crippen molar-refractivity contribution in [1.82, 2.24) is 0 Å². The Kier molecular flexibility index (Phi) is 3.80. The van der Waals surface area contributed by atoms with Crippen LogP contribution in [0.2, 0.25) is 0 Å². The molecule has 0 aromatic rings. The quantitative estimate of drug-likeness (QED) is 0.460. The smallest absolute Gasteiger partial charge is 0.109 e. The van der Waals surface area contributed by atoms with Crippen LogP contribution in [-0.4, -0.2) is 6.67 Å². The molecule has 0 aliphatic carbocycles. The summed E-state index contributed by atoms with van der Waals surface area (Å²) in [6, 6.07) is 0. The third kappa shape index (κ3) is 3.89. The Bertz CT molecular complexity index is 33.9. The van der Waals surface area contributed by atoms with Gasteiger partial charge in [0, 0.05) is 0 Å². The van der Waals surface area contributed by atoms with Crippen LogP contribution in [-0.2, 0) is 0 Å². The minimum absolute atomic E-state index is 0.441. The first-order valence-corrected chi connectivity index (χ1v) is 1.72. The molecular weight excluding hydrogens is 87.1 g/mol. The number of allylic oxidation sites excluding steroid dienone is 1. The van der Waals surface area contributed by atoms with Crippen molar-refractivity contribution < 1.29 is 4.39 Å². The molecule has 0 atom stereocenters. The predicted octanol–water partition coefficient (Wildman–Crippen LogP) is 1.67. The van der Waals surface area contributed by atoms with E-state index in [2.05, 4.69) is 12.6 Å². The van der Waals surface area contributed by atoms with E-state index in [0.717, 1.165) is 0 Å². The highest BCUT2D eigenvalue weighted by Crippen LogP contribution is 1.74. The van der Waals surface area contributed by atoms with E-state index in [0.29, 0.717) is 0 Å². The van der Waals surface area contributed by atoms with Gasteiger partial charge < -0.3 is 0 Å². The summed E-state index contributed by atoms with van der Waals surface area (Å²) in [7, 11) is 0. The van der Waals surface area contributed by atoms with Crippen LogP contribution in [0.15, 0.2) is 11.5 Å². The van der Waals surface area contributed by atoms with Crippen molar-refractivity contribution in [3.05, 3.63) is 11.5 Å². The largest absolute Gasteiger partial charge is 0.247 e. The number of rotatable bonds is 1. The molecule has 0 rings (SSSR count). The van der Waals surface area contributed by atoms with E-state index in [-0.39, 0.29) is 0 Å². The van der Waals surface area contributed by atoms with Gasteiger partial charge in [-0.3, -0.25) is 0 Å². The molecule has 0 heterocycles. The molecular formula is C3H4FS. The van der Waals surface area contributed by atoms with E-state index >= 15 is 0 Å². The first-order chi connectivity index (χ1) is 2.41. The summed E-state index contributed by atoms with van der Waals surface area (Å²) in [6.45, 7) is -0.441.